The highest BCUT2D eigenvalue weighted by Gasteiger charge is 2.23. The zero-order chi connectivity index (χ0) is 12.3. The number of benzene rings is 1. The quantitative estimate of drug-likeness (QED) is 0.862. The van der Waals surface area contributed by atoms with Crippen LogP contribution in [0, 0.1) is 6.92 Å². The number of ether oxygens (including phenoxy) is 1. The average molecular weight is 235 g/mol. The summed E-state index contributed by atoms with van der Waals surface area (Å²) in [5, 5.41) is 8.55. The van der Waals surface area contributed by atoms with Crippen LogP contribution in [0.2, 0.25) is 0 Å². The predicted octanol–water partition coefficient (Wildman–Crippen LogP) is 1.67. The van der Waals surface area contributed by atoms with Gasteiger partial charge < -0.3 is 14.7 Å². The summed E-state index contributed by atoms with van der Waals surface area (Å²) in [5.74, 6) is -0.904. The number of rotatable bonds is 4. The molecule has 1 fully saturated rings. The van der Waals surface area contributed by atoms with Gasteiger partial charge in [-0.1, -0.05) is 17.7 Å². The second-order valence-corrected chi connectivity index (χ2v) is 4.40. The molecule has 0 radical (unpaired) electrons. The van der Waals surface area contributed by atoms with Gasteiger partial charge >= 0.3 is 5.97 Å². The van der Waals surface area contributed by atoms with Crippen molar-refractivity contribution in [2.24, 2.45) is 0 Å². The number of nitrogens with zero attached hydrogens (tertiary/aromatic N) is 1. The summed E-state index contributed by atoms with van der Waals surface area (Å²) in [6, 6.07) is 8.35. The van der Waals surface area contributed by atoms with E-state index < -0.39 is 5.97 Å². The molecule has 1 aliphatic heterocycles. The molecule has 0 spiro atoms. The SMILES string of the molecule is Cc1ccc(N2CC[C@H](OCC(=O)O)C2)cc1. The molecule has 0 bridgehead atoms. The molecule has 1 aromatic rings. The summed E-state index contributed by atoms with van der Waals surface area (Å²) < 4.78 is 5.30. The Balaban J connectivity index is 1.89. The van der Waals surface area contributed by atoms with E-state index in [1.54, 1.807) is 0 Å². The van der Waals surface area contributed by atoms with E-state index in [4.69, 9.17) is 9.84 Å². The van der Waals surface area contributed by atoms with Gasteiger partial charge in [0.15, 0.2) is 0 Å². The number of aliphatic carboxylic acids is 1. The lowest BCUT2D eigenvalue weighted by Gasteiger charge is -2.18. The second-order valence-electron chi connectivity index (χ2n) is 4.40. The molecule has 92 valence electrons. The van der Waals surface area contributed by atoms with Crippen LogP contribution < -0.4 is 4.90 Å². The molecule has 17 heavy (non-hydrogen) atoms. The van der Waals surface area contributed by atoms with Crippen molar-refractivity contribution in [1.82, 2.24) is 0 Å². The fraction of sp³-hybridized carbons (Fsp3) is 0.462. The number of hydrogen-bond acceptors (Lipinski definition) is 3. The third-order valence-electron chi connectivity index (χ3n) is 2.99. The van der Waals surface area contributed by atoms with E-state index in [-0.39, 0.29) is 12.7 Å². The van der Waals surface area contributed by atoms with E-state index in [2.05, 4.69) is 36.1 Å². The zero-order valence-electron chi connectivity index (χ0n) is 9.93. The van der Waals surface area contributed by atoms with Crippen molar-refractivity contribution < 1.29 is 14.6 Å². The average Bonchev–Trinajstić information content (AvgIpc) is 2.76. The molecular weight excluding hydrogens is 218 g/mol. The first kappa shape index (κ1) is 11.9. The minimum absolute atomic E-state index is 0.0346. The molecule has 0 aliphatic carbocycles. The van der Waals surface area contributed by atoms with Crippen LogP contribution in [0.3, 0.4) is 0 Å². The number of carbonyl (C=O) groups is 1. The number of aryl methyl sites for hydroxylation is 1. The maximum absolute atomic E-state index is 10.4. The summed E-state index contributed by atoms with van der Waals surface area (Å²) >= 11 is 0. The van der Waals surface area contributed by atoms with Gasteiger partial charge in [-0.2, -0.15) is 0 Å². The fourth-order valence-corrected chi connectivity index (χ4v) is 2.04. The van der Waals surface area contributed by atoms with Gasteiger partial charge in [-0.05, 0) is 25.5 Å². The molecule has 4 heteroatoms. The smallest absolute Gasteiger partial charge is 0.329 e. The molecule has 0 amide bonds. The Morgan fingerprint density at radius 2 is 2.18 bits per heavy atom. The third-order valence-corrected chi connectivity index (χ3v) is 2.99. The first-order chi connectivity index (χ1) is 8.15. The van der Waals surface area contributed by atoms with Crippen molar-refractivity contribution in [2.45, 2.75) is 19.4 Å². The Kier molecular flexibility index (Phi) is 3.64. The molecule has 1 aliphatic rings. The van der Waals surface area contributed by atoms with Crippen LogP contribution in [0.4, 0.5) is 5.69 Å². The molecule has 1 atom stereocenters. The Morgan fingerprint density at radius 1 is 1.47 bits per heavy atom. The van der Waals surface area contributed by atoms with Gasteiger partial charge in [0.1, 0.15) is 6.61 Å². The molecular formula is C13H17NO3. The van der Waals surface area contributed by atoms with E-state index in [1.165, 1.54) is 11.3 Å². The van der Waals surface area contributed by atoms with Crippen molar-refractivity contribution in [2.75, 3.05) is 24.6 Å². The van der Waals surface area contributed by atoms with E-state index in [9.17, 15) is 4.79 Å². The molecule has 1 saturated heterocycles. The van der Waals surface area contributed by atoms with Crippen LogP contribution in [0.5, 0.6) is 0 Å². The number of hydrogen-bond donors (Lipinski definition) is 1. The third kappa shape index (κ3) is 3.20. The second kappa shape index (κ2) is 5.19. The molecule has 2 rings (SSSR count). The maximum Gasteiger partial charge on any atom is 0.329 e. The molecule has 0 unspecified atom stereocenters. The summed E-state index contributed by atoms with van der Waals surface area (Å²) in [7, 11) is 0. The maximum atomic E-state index is 10.4. The van der Waals surface area contributed by atoms with Gasteiger partial charge in [0.05, 0.1) is 6.10 Å². The van der Waals surface area contributed by atoms with Crippen molar-refractivity contribution in [3.63, 3.8) is 0 Å². The first-order valence-corrected chi connectivity index (χ1v) is 5.80. The standard InChI is InChI=1S/C13H17NO3/c1-10-2-4-11(5-3-10)14-7-6-12(8-14)17-9-13(15)16/h2-5,12H,6-9H2,1H3,(H,15,16)/t12-/m0/s1. The van der Waals surface area contributed by atoms with Crippen LogP contribution in [0.15, 0.2) is 24.3 Å². The molecule has 0 saturated carbocycles. The molecule has 1 aromatic carbocycles. The molecule has 1 N–H and O–H groups in total. The van der Waals surface area contributed by atoms with Gasteiger partial charge in [0.2, 0.25) is 0 Å². The van der Waals surface area contributed by atoms with Crippen LogP contribution in [0.25, 0.3) is 0 Å². The predicted molar refractivity (Wildman–Crippen MR) is 65.4 cm³/mol. The minimum atomic E-state index is -0.904. The highest BCUT2D eigenvalue weighted by atomic mass is 16.5. The fourth-order valence-electron chi connectivity index (χ4n) is 2.04. The normalized spacial score (nSPS) is 19.6. The van der Waals surface area contributed by atoms with Crippen LogP contribution >= 0.6 is 0 Å². The van der Waals surface area contributed by atoms with Gasteiger partial charge in [0, 0.05) is 18.8 Å². The number of carboxylic acids is 1. The summed E-state index contributed by atoms with van der Waals surface area (Å²) in [4.78, 5) is 12.6. The van der Waals surface area contributed by atoms with Gasteiger partial charge in [-0.3, -0.25) is 0 Å². The lowest BCUT2D eigenvalue weighted by atomic mass is 10.2. The summed E-state index contributed by atoms with van der Waals surface area (Å²) in [6.45, 7) is 3.56. The Labute approximate surface area is 101 Å². The summed E-state index contributed by atoms with van der Waals surface area (Å²) in [5.41, 5.74) is 2.42. The Hall–Kier alpha value is -1.55. The van der Waals surface area contributed by atoms with Crippen LogP contribution in [0.1, 0.15) is 12.0 Å². The lowest BCUT2D eigenvalue weighted by Crippen LogP contribution is -2.24. The van der Waals surface area contributed by atoms with E-state index in [0.29, 0.717) is 0 Å². The van der Waals surface area contributed by atoms with Crippen LogP contribution in [-0.4, -0.2) is 36.9 Å². The molecule has 0 aromatic heterocycles. The highest BCUT2D eigenvalue weighted by Crippen LogP contribution is 2.22. The molecule has 4 nitrogen and oxygen atoms in total. The number of anilines is 1. The summed E-state index contributed by atoms with van der Waals surface area (Å²) in [6.07, 6.45) is 0.925. The van der Waals surface area contributed by atoms with E-state index >= 15 is 0 Å². The van der Waals surface area contributed by atoms with Gasteiger partial charge in [-0.25, -0.2) is 4.79 Å². The Morgan fingerprint density at radius 3 is 2.82 bits per heavy atom. The van der Waals surface area contributed by atoms with Crippen molar-refractivity contribution >= 4 is 11.7 Å². The van der Waals surface area contributed by atoms with E-state index in [1.807, 2.05) is 0 Å². The minimum Gasteiger partial charge on any atom is -0.480 e. The van der Waals surface area contributed by atoms with E-state index in [0.717, 1.165) is 19.5 Å². The highest BCUT2D eigenvalue weighted by molar-refractivity contribution is 5.68. The first-order valence-electron chi connectivity index (χ1n) is 5.80. The van der Waals surface area contributed by atoms with Gasteiger partial charge in [-0.15, -0.1) is 0 Å². The zero-order valence-corrected chi connectivity index (χ0v) is 9.93. The number of carboxylic acid groups (broad SMARTS) is 1. The molecule has 1 heterocycles. The van der Waals surface area contributed by atoms with Crippen LogP contribution in [-0.2, 0) is 9.53 Å². The van der Waals surface area contributed by atoms with Crippen molar-refractivity contribution in [3.05, 3.63) is 29.8 Å². The van der Waals surface area contributed by atoms with Crippen molar-refractivity contribution in [3.8, 4) is 0 Å². The largest absolute Gasteiger partial charge is 0.480 e. The van der Waals surface area contributed by atoms with Crippen molar-refractivity contribution in [1.29, 1.82) is 0 Å². The lowest BCUT2D eigenvalue weighted by molar-refractivity contribution is -0.143. The monoisotopic (exact) mass is 235 g/mol. The Bertz CT molecular complexity index is 388. The van der Waals surface area contributed by atoms with Gasteiger partial charge in [0.25, 0.3) is 0 Å². The topological polar surface area (TPSA) is 49.8 Å².